The number of benzene rings is 2. The maximum Gasteiger partial charge on any atom is 0.255 e. The highest BCUT2D eigenvalue weighted by Gasteiger charge is 2.06. The van der Waals surface area contributed by atoms with E-state index in [-0.39, 0.29) is 6.61 Å². The van der Waals surface area contributed by atoms with E-state index in [9.17, 15) is 10.1 Å². The van der Waals surface area contributed by atoms with E-state index in [2.05, 4.69) is 22.0 Å². The Bertz CT molecular complexity index is 746. The van der Waals surface area contributed by atoms with Crippen LogP contribution in [-0.4, -0.2) is 12.5 Å². The molecule has 0 saturated carbocycles. The van der Waals surface area contributed by atoms with Crippen LogP contribution in [0.15, 0.2) is 53.0 Å². The number of allylic oxidation sites excluding steroid dienone is 1. The summed E-state index contributed by atoms with van der Waals surface area (Å²) in [5.41, 5.74) is 7.10. The van der Waals surface area contributed by atoms with Crippen LogP contribution < -0.4 is 10.5 Å². The normalized spacial score (nSPS) is 10.8. The van der Waals surface area contributed by atoms with Crippen LogP contribution in [0.1, 0.15) is 11.1 Å². The molecule has 0 aromatic heterocycles. The maximum atomic E-state index is 10.8. The van der Waals surface area contributed by atoms with Gasteiger partial charge in [-0.25, -0.2) is 0 Å². The Morgan fingerprint density at radius 3 is 2.55 bits per heavy atom. The number of carbonyl (C=O) groups is 1. The van der Waals surface area contributed by atoms with Gasteiger partial charge < -0.3 is 10.5 Å². The van der Waals surface area contributed by atoms with Crippen LogP contribution in [0, 0.1) is 11.3 Å². The lowest BCUT2D eigenvalue weighted by atomic mass is 10.0. The largest absolute Gasteiger partial charge is 0.483 e. The average Bonchev–Trinajstić information content (AvgIpc) is 2.52. The molecule has 0 atom stereocenters. The number of ether oxygens (including phenoxy) is 1. The zero-order valence-electron chi connectivity index (χ0n) is 11.6. The Labute approximate surface area is 136 Å². The number of para-hydroxylation sites is 1. The molecule has 0 aliphatic rings. The van der Waals surface area contributed by atoms with Crippen LogP contribution in [0.25, 0.3) is 11.6 Å². The number of hydrogen-bond donors (Lipinski definition) is 1. The average molecular weight is 357 g/mol. The summed E-state index contributed by atoms with van der Waals surface area (Å²) in [5.74, 6) is -0.0432. The van der Waals surface area contributed by atoms with Crippen LogP contribution in [0.3, 0.4) is 0 Å². The highest BCUT2D eigenvalue weighted by molar-refractivity contribution is 9.10. The number of primary amides is 1. The molecular weight excluding hydrogens is 344 g/mol. The van der Waals surface area contributed by atoms with Crippen molar-refractivity contribution in [3.05, 3.63) is 64.1 Å². The van der Waals surface area contributed by atoms with Crippen molar-refractivity contribution in [2.45, 2.75) is 0 Å². The minimum atomic E-state index is -0.549. The van der Waals surface area contributed by atoms with Crippen LogP contribution in [0.5, 0.6) is 5.75 Å². The molecule has 0 heterocycles. The van der Waals surface area contributed by atoms with Crippen molar-refractivity contribution in [1.29, 1.82) is 5.26 Å². The van der Waals surface area contributed by atoms with E-state index in [4.69, 9.17) is 10.5 Å². The maximum absolute atomic E-state index is 10.8. The molecule has 2 aromatic rings. The number of carbonyl (C=O) groups excluding carboxylic acids is 1. The molecule has 0 fully saturated rings. The van der Waals surface area contributed by atoms with Crippen LogP contribution in [0.4, 0.5) is 0 Å². The van der Waals surface area contributed by atoms with Gasteiger partial charge in [-0.05, 0) is 29.8 Å². The number of nitrogens with zero attached hydrogens (tertiary/aromatic N) is 1. The van der Waals surface area contributed by atoms with Crippen molar-refractivity contribution < 1.29 is 9.53 Å². The fourth-order valence-electron chi connectivity index (χ4n) is 1.85. The van der Waals surface area contributed by atoms with Gasteiger partial charge >= 0.3 is 0 Å². The molecule has 2 aromatic carbocycles. The third-order valence-electron chi connectivity index (χ3n) is 2.86. The Hall–Kier alpha value is -2.58. The number of nitriles is 1. The quantitative estimate of drug-likeness (QED) is 0.658. The Balaban J connectivity index is 2.36. The first-order chi connectivity index (χ1) is 10.6. The Morgan fingerprint density at radius 1 is 1.23 bits per heavy atom. The molecule has 110 valence electrons. The van der Waals surface area contributed by atoms with Crippen molar-refractivity contribution in [2.75, 3.05) is 6.61 Å². The zero-order chi connectivity index (χ0) is 15.9. The lowest BCUT2D eigenvalue weighted by Crippen LogP contribution is -2.20. The highest BCUT2D eigenvalue weighted by Crippen LogP contribution is 2.25. The number of halogens is 1. The molecule has 0 aliphatic heterocycles. The SMILES string of the molecule is N#C/C(=C\c1ccccc1OCC(N)=O)c1ccc(Br)cc1. The van der Waals surface area contributed by atoms with Gasteiger partial charge in [-0.15, -0.1) is 0 Å². The third-order valence-corrected chi connectivity index (χ3v) is 3.39. The molecule has 0 saturated heterocycles. The molecule has 0 unspecified atom stereocenters. The van der Waals surface area contributed by atoms with Crippen LogP contribution in [0.2, 0.25) is 0 Å². The van der Waals surface area contributed by atoms with Crippen molar-refractivity contribution in [3.63, 3.8) is 0 Å². The summed E-state index contributed by atoms with van der Waals surface area (Å²) in [5, 5.41) is 9.37. The molecule has 4 nitrogen and oxygen atoms in total. The van der Waals surface area contributed by atoms with Gasteiger partial charge in [0, 0.05) is 10.0 Å². The van der Waals surface area contributed by atoms with E-state index < -0.39 is 5.91 Å². The van der Waals surface area contributed by atoms with Gasteiger partial charge in [-0.1, -0.05) is 46.3 Å². The summed E-state index contributed by atoms with van der Waals surface area (Å²) in [7, 11) is 0. The number of amides is 1. The van der Waals surface area contributed by atoms with Crippen LogP contribution in [-0.2, 0) is 4.79 Å². The first kappa shape index (κ1) is 15.8. The predicted molar refractivity (Wildman–Crippen MR) is 88.8 cm³/mol. The van der Waals surface area contributed by atoms with Crippen molar-refractivity contribution in [1.82, 2.24) is 0 Å². The van der Waals surface area contributed by atoms with Crippen molar-refractivity contribution in [2.24, 2.45) is 5.73 Å². The van der Waals surface area contributed by atoms with E-state index in [1.165, 1.54) is 0 Å². The second kappa shape index (κ2) is 7.43. The third kappa shape index (κ3) is 4.21. The van der Waals surface area contributed by atoms with E-state index >= 15 is 0 Å². The number of rotatable bonds is 5. The molecule has 2 N–H and O–H groups in total. The fourth-order valence-corrected chi connectivity index (χ4v) is 2.11. The molecule has 0 aliphatic carbocycles. The van der Waals surface area contributed by atoms with E-state index in [1.807, 2.05) is 36.4 Å². The smallest absolute Gasteiger partial charge is 0.255 e. The Kier molecular flexibility index (Phi) is 5.34. The summed E-state index contributed by atoms with van der Waals surface area (Å²) >= 11 is 3.36. The summed E-state index contributed by atoms with van der Waals surface area (Å²) in [4.78, 5) is 10.8. The number of nitrogens with two attached hydrogens (primary N) is 1. The minimum absolute atomic E-state index is 0.203. The van der Waals surface area contributed by atoms with Gasteiger partial charge in [0.2, 0.25) is 0 Å². The van der Waals surface area contributed by atoms with Crippen molar-refractivity contribution >= 4 is 33.5 Å². The summed E-state index contributed by atoms with van der Waals surface area (Å²) in [6, 6.07) is 16.8. The summed E-state index contributed by atoms with van der Waals surface area (Å²) in [6.45, 7) is -0.203. The van der Waals surface area contributed by atoms with Gasteiger partial charge in [0.1, 0.15) is 5.75 Å². The molecule has 1 amide bonds. The second-order valence-electron chi connectivity index (χ2n) is 4.47. The van der Waals surface area contributed by atoms with Gasteiger partial charge in [-0.3, -0.25) is 4.79 Å². The number of hydrogen-bond acceptors (Lipinski definition) is 3. The molecule has 0 radical (unpaired) electrons. The predicted octanol–water partition coefficient (Wildman–Crippen LogP) is 3.38. The molecular formula is C17H13BrN2O2. The molecule has 22 heavy (non-hydrogen) atoms. The minimum Gasteiger partial charge on any atom is -0.483 e. The molecule has 0 spiro atoms. The highest BCUT2D eigenvalue weighted by atomic mass is 79.9. The summed E-state index contributed by atoms with van der Waals surface area (Å²) < 4.78 is 6.31. The first-order valence-electron chi connectivity index (χ1n) is 6.48. The molecule has 5 heteroatoms. The molecule has 0 bridgehead atoms. The van der Waals surface area contributed by atoms with Crippen LogP contribution >= 0.6 is 15.9 Å². The van der Waals surface area contributed by atoms with E-state index in [0.717, 1.165) is 10.0 Å². The fraction of sp³-hybridized carbons (Fsp3) is 0.0588. The molecule has 2 rings (SSSR count). The lowest BCUT2D eigenvalue weighted by Gasteiger charge is -2.08. The van der Waals surface area contributed by atoms with Gasteiger partial charge in [0.25, 0.3) is 5.91 Å². The van der Waals surface area contributed by atoms with Crippen molar-refractivity contribution in [3.8, 4) is 11.8 Å². The van der Waals surface area contributed by atoms with Gasteiger partial charge in [0.05, 0.1) is 11.6 Å². The topological polar surface area (TPSA) is 76.1 Å². The Morgan fingerprint density at radius 2 is 1.91 bits per heavy atom. The zero-order valence-corrected chi connectivity index (χ0v) is 13.2. The summed E-state index contributed by atoms with van der Waals surface area (Å²) in [6.07, 6.45) is 1.72. The van der Waals surface area contributed by atoms with E-state index in [1.54, 1.807) is 18.2 Å². The standard InChI is InChI=1S/C17H13BrN2O2/c18-15-7-5-12(6-8-15)14(10-19)9-13-3-1-2-4-16(13)22-11-17(20)21/h1-9H,11H2,(H2,20,21)/b14-9+. The van der Waals surface area contributed by atoms with Gasteiger partial charge in [-0.2, -0.15) is 5.26 Å². The van der Waals surface area contributed by atoms with Gasteiger partial charge in [0.15, 0.2) is 6.61 Å². The monoisotopic (exact) mass is 356 g/mol. The van der Waals surface area contributed by atoms with E-state index in [0.29, 0.717) is 16.9 Å². The first-order valence-corrected chi connectivity index (χ1v) is 7.27. The second-order valence-corrected chi connectivity index (χ2v) is 5.39. The lowest BCUT2D eigenvalue weighted by molar-refractivity contribution is -0.119.